The number of carbonyl (C=O) groups is 3. The van der Waals surface area contributed by atoms with Crippen LogP contribution in [0.5, 0.6) is 0 Å². The summed E-state index contributed by atoms with van der Waals surface area (Å²) in [6.45, 7) is 9.93. The van der Waals surface area contributed by atoms with Gasteiger partial charge in [0, 0.05) is 47.3 Å². The Morgan fingerprint density at radius 2 is 1.90 bits per heavy atom. The largest absolute Gasteiger partial charge is 0.504 e. The zero-order valence-corrected chi connectivity index (χ0v) is 22.6. The number of aromatic nitrogens is 1. The fourth-order valence-electron chi connectivity index (χ4n) is 8.40. The third-order valence-corrected chi connectivity index (χ3v) is 10.3. The smallest absolute Gasteiger partial charge is 0.235 e. The SMILES string of the molecule is C=C1[C@@H](C)[C@H]2[C@H](Cc3c[nH]c4ccccc34)NC(=O)[C@]23C(=O)C[C@@H]2C(=O)C(O)=C(C)[C@H]2[C@@H](C)C/C=C\[C@H]3[C@@H]1O. The third kappa shape index (κ3) is 3.48. The fourth-order valence-corrected chi connectivity index (χ4v) is 8.40. The molecule has 204 valence electrons. The number of hydrogen-bond acceptors (Lipinski definition) is 5. The first-order chi connectivity index (χ1) is 18.6. The Kier molecular flexibility index (Phi) is 5.99. The molecule has 3 aliphatic carbocycles. The highest BCUT2D eigenvalue weighted by atomic mass is 16.3. The number of aliphatic hydroxyl groups is 2. The van der Waals surface area contributed by atoms with Crippen molar-refractivity contribution in [3.63, 3.8) is 0 Å². The summed E-state index contributed by atoms with van der Waals surface area (Å²) in [5.41, 5.74) is 1.74. The van der Waals surface area contributed by atoms with E-state index in [1.54, 1.807) is 6.92 Å². The summed E-state index contributed by atoms with van der Waals surface area (Å²) in [5, 5.41) is 26.3. The first kappa shape index (κ1) is 25.8. The molecule has 2 heterocycles. The molecule has 9 atom stereocenters. The van der Waals surface area contributed by atoms with Crippen LogP contribution in [0.1, 0.15) is 39.2 Å². The van der Waals surface area contributed by atoms with Crippen molar-refractivity contribution in [1.82, 2.24) is 10.3 Å². The first-order valence-electron chi connectivity index (χ1n) is 14.0. The van der Waals surface area contributed by atoms with E-state index in [1.807, 2.05) is 56.5 Å². The average molecular weight is 529 g/mol. The molecule has 1 aromatic heterocycles. The Labute approximate surface area is 228 Å². The second kappa shape index (κ2) is 9.05. The average Bonchev–Trinajstić information content (AvgIpc) is 3.52. The van der Waals surface area contributed by atoms with Crippen molar-refractivity contribution < 1.29 is 24.6 Å². The van der Waals surface area contributed by atoms with Gasteiger partial charge in [0.25, 0.3) is 0 Å². The maximum Gasteiger partial charge on any atom is 0.235 e. The van der Waals surface area contributed by atoms with Crippen LogP contribution in [0.4, 0.5) is 0 Å². The number of carbonyl (C=O) groups excluding carboxylic acids is 3. The standard InChI is InChI=1S/C32H36N2O5/c1-15-8-7-10-22-28(36)17(3)16(2)27-24(12-19-14-33-23-11-6-5-9-20(19)23)34-31(39)32(22,27)25(35)13-21-26(15)18(4)29(37)30(21)38/h5-7,9-11,14-16,21-22,24,26-28,33,36-37H,3,8,12-13H2,1-2,4H3,(H,34,39)/b10-7-/t15-,16+,21-,22-,24-,26+,27-,28+,32+/m0/s1. The van der Waals surface area contributed by atoms with Crippen molar-refractivity contribution in [3.05, 3.63) is 71.7 Å². The van der Waals surface area contributed by atoms with Crippen LogP contribution in [-0.2, 0) is 20.8 Å². The molecule has 1 aliphatic heterocycles. The Balaban J connectivity index is 1.47. The summed E-state index contributed by atoms with van der Waals surface area (Å²) in [6.07, 6.45) is 5.63. The molecule has 4 N–H and O–H groups in total. The van der Waals surface area contributed by atoms with Gasteiger partial charge in [0.15, 0.2) is 5.76 Å². The van der Waals surface area contributed by atoms with Gasteiger partial charge in [-0.25, -0.2) is 0 Å². The first-order valence-corrected chi connectivity index (χ1v) is 14.0. The zero-order chi connectivity index (χ0) is 27.8. The van der Waals surface area contributed by atoms with Crippen LogP contribution in [0.15, 0.2) is 66.1 Å². The van der Waals surface area contributed by atoms with E-state index in [2.05, 4.69) is 16.9 Å². The number of amides is 1. The minimum absolute atomic E-state index is 0.00683. The Morgan fingerprint density at radius 1 is 1.15 bits per heavy atom. The molecule has 0 unspecified atom stereocenters. The topological polar surface area (TPSA) is 119 Å². The molecule has 39 heavy (non-hydrogen) atoms. The third-order valence-electron chi connectivity index (χ3n) is 10.3. The number of allylic oxidation sites excluding steroid dienone is 3. The molecule has 4 aliphatic rings. The maximum atomic E-state index is 14.6. The summed E-state index contributed by atoms with van der Waals surface area (Å²) in [6, 6.07) is 7.62. The monoisotopic (exact) mass is 528 g/mol. The predicted molar refractivity (Wildman–Crippen MR) is 148 cm³/mol. The predicted octanol–water partition coefficient (Wildman–Crippen LogP) is 4.20. The summed E-state index contributed by atoms with van der Waals surface area (Å²) in [4.78, 5) is 45.2. The molecule has 1 saturated carbocycles. The maximum absolute atomic E-state index is 14.6. The normalized spacial score (nSPS) is 39.4. The molecule has 1 amide bonds. The van der Waals surface area contributed by atoms with E-state index in [9.17, 15) is 24.6 Å². The molecule has 2 aromatic rings. The van der Waals surface area contributed by atoms with Gasteiger partial charge in [0.1, 0.15) is 11.2 Å². The van der Waals surface area contributed by atoms with Crippen molar-refractivity contribution in [2.24, 2.45) is 40.9 Å². The van der Waals surface area contributed by atoms with E-state index < -0.39 is 35.1 Å². The zero-order valence-electron chi connectivity index (χ0n) is 22.6. The van der Waals surface area contributed by atoms with Gasteiger partial charge in [-0.1, -0.05) is 50.8 Å². The number of Topliss-reactive ketones (excluding diaryl/α,β-unsaturated/α-hetero) is 2. The van der Waals surface area contributed by atoms with Crippen molar-refractivity contribution in [1.29, 1.82) is 0 Å². The summed E-state index contributed by atoms with van der Waals surface area (Å²) in [7, 11) is 0. The van der Waals surface area contributed by atoms with Crippen LogP contribution < -0.4 is 5.32 Å². The van der Waals surface area contributed by atoms with Crippen molar-refractivity contribution in [2.75, 3.05) is 0 Å². The number of para-hydroxylation sites is 1. The summed E-state index contributed by atoms with van der Waals surface area (Å²) in [5.74, 6) is -3.93. The molecule has 7 heteroatoms. The highest BCUT2D eigenvalue weighted by Gasteiger charge is 2.69. The van der Waals surface area contributed by atoms with Crippen LogP contribution in [0.2, 0.25) is 0 Å². The number of ketones is 2. The molecule has 0 bridgehead atoms. The molecule has 6 rings (SSSR count). The van der Waals surface area contributed by atoms with Gasteiger partial charge in [0.2, 0.25) is 11.7 Å². The Bertz CT molecular complexity index is 1470. The number of aromatic amines is 1. The van der Waals surface area contributed by atoms with Crippen LogP contribution in [0, 0.1) is 40.9 Å². The van der Waals surface area contributed by atoms with Crippen molar-refractivity contribution in [2.45, 2.75) is 52.2 Å². The molecule has 1 spiro atoms. The highest BCUT2D eigenvalue weighted by molar-refractivity contribution is 6.11. The number of aliphatic hydroxyl groups excluding tert-OH is 2. The van der Waals surface area contributed by atoms with Gasteiger partial charge >= 0.3 is 0 Å². The number of hydrogen-bond donors (Lipinski definition) is 4. The van der Waals surface area contributed by atoms with E-state index in [0.717, 1.165) is 16.5 Å². The van der Waals surface area contributed by atoms with Crippen LogP contribution >= 0.6 is 0 Å². The van der Waals surface area contributed by atoms with Gasteiger partial charge in [-0.3, -0.25) is 14.4 Å². The molecular weight excluding hydrogens is 492 g/mol. The number of H-pyrrole nitrogens is 1. The minimum atomic E-state index is -1.54. The lowest BCUT2D eigenvalue weighted by Gasteiger charge is -2.49. The van der Waals surface area contributed by atoms with Crippen LogP contribution in [0.25, 0.3) is 10.9 Å². The minimum Gasteiger partial charge on any atom is -0.504 e. The van der Waals surface area contributed by atoms with Gasteiger partial charge in [-0.15, -0.1) is 0 Å². The van der Waals surface area contributed by atoms with Gasteiger partial charge in [-0.05, 0) is 60.3 Å². The quantitative estimate of drug-likeness (QED) is 0.344. The Morgan fingerprint density at radius 3 is 2.67 bits per heavy atom. The molecular formula is C32H36N2O5. The second-order valence-corrected chi connectivity index (χ2v) is 12.2. The van der Waals surface area contributed by atoms with Gasteiger partial charge in [-0.2, -0.15) is 0 Å². The van der Waals surface area contributed by atoms with E-state index in [0.29, 0.717) is 24.0 Å². The van der Waals surface area contributed by atoms with Gasteiger partial charge in [0.05, 0.1) is 6.10 Å². The van der Waals surface area contributed by atoms with E-state index >= 15 is 0 Å². The Hall–Kier alpha value is -3.45. The molecule has 1 saturated heterocycles. The number of rotatable bonds is 2. The molecule has 0 radical (unpaired) electrons. The van der Waals surface area contributed by atoms with Gasteiger partial charge < -0.3 is 20.5 Å². The van der Waals surface area contributed by atoms with E-state index in [1.165, 1.54) is 0 Å². The lowest BCUT2D eigenvalue weighted by molar-refractivity contribution is -0.153. The lowest BCUT2D eigenvalue weighted by Crippen LogP contribution is -2.59. The highest BCUT2D eigenvalue weighted by Crippen LogP contribution is 2.58. The van der Waals surface area contributed by atoms with Crippen molar-refractivity contribution >= 4 is 28.4 Å². The van der Waals surface area contributed by atoms with Crippen LogP contribution in [0.3, 0.4) is 0 Å². The van der Waals surface area contributed by atoms with Crippen molar-refractivity contribution in [3.8, 4) is 0 Å². The summed E-state index contributed by atoms with van der Waals surface area (Å²) < 4.78 is 0. The molecule has 2 fully saturated rings. The number of nitrogens with one attached hydrogen (secondary N) is 2. The number of benzene rings is 1. The molecule has 7 nitrogen and oxygen atoms in total. The fraction of sp³-hybridized carbons (Fsp3) is 0.469. The second-order valence-electron chi connectivity index (χ2n) is 12.2. The number of fused-ring (bicyclic) bond motifs is 2. The van der Waals surface area contributed by atoms with E-state index in [-0.39, 0.29) is 47.7 Å². The molecule has 1 aromatic carbocycles. The summed E-state index contributed by atoms with van der Waals surface area (Å²) >= 11 is 0. The van der Waals surface area contributed by atoms with Crippen LogP contribution in [-0.4, -0.2) is 44.8 Å². The lowest BCUT2D eigenvalue weighted by atomic mass is 9.51. The van der Waals surface area contributed by atoms with E-state index in [4.69, 9.17) is 0 Å².